The standard InChI is InChI=1S/C18H30FN3O8/c1-3-5-6-7-8-13(19)22(29)17(27)14(24)12(10-23)30-18(17,28)21-9-11(4-2)15(25)20-16(21)26/h9,12-14,23-24,27-29H,3-8,10H2,1-2H3,(H,20,25,26)/t12-,13?,14-,17-,18-/m1/s1. The van der Waals surface area contributed by atoms with Gasteiger partial charge in [-0.25, -0.2) is 13.8 Å². The van der Waals surface area contributed by atoms with Crippen molar-refractivity contribution < 1.29 is 34.8 Å². The zero-order chi connectivity index (χ0) is 22.7. The maximum absolute atomic E-state index is 14.7. The van der Waals surface area contributed by atoms with Gasteiger partial charge >= 0.3 is 11.6 Å². The second-order valence-corrected chi connectivity index (χ2v) is 7.38. The molecule has 1 aliphatic rings. The third-order valence-electron chi connectivity index (χ3n) is 5.37. The summed E-state index contributed by atoms with van der Waals surface area (Å²) in [5.74, 6) is -3.23. The number of nitrogens with one attached hydrogen (secondary N) is 1. The van der Waals surface area contributed by atoms with Gasteiger partial charge in [0, 0.05) is 11.8 Å². The van der Waals surface area contributed by atoms with Gasteiger partial charge in [0.15, 0.2) is 6.30 Å². The van der Waals surface area contributed by atoms with Gasteiger partial charge in [0.1, 0.15) is 12.2 Å². The summed E-state index contributed by atoms with van der Waals surface area (Å²) in [4.78, 5) is 26.1. The molecule has 2 heterocycles. The molecule has 30 heavy (non-hydrogen) atoms. The molecule has 0 amide bonds. The van der Waals surface area contributed by atoms with Gasteiger partial charge in [-0.2, -0.15) is 0 Å². The Hall–Kier alpha value is -1.67. The Bertz CT molecular complexity index is 832. The maximum Gasteiger partial charge on any atom is 0.332 e. The van der Waals surface area contributed by atoms with E-state index in [1.165, 1.54) is 0 Å². The lowest BCUT2D eigenvalue weighted by Crippen LogP contribution is -2.69. The monoisotopic (exact) mass is 435 g/mol. The zero-order valence-electron chi connectivity index (χ0n) is 17.0. The molecule has 12 heteroatoms. The summed E-state index contributed by atoms with van der Waals surface area (Å²) >= 11 is 0. The van der Waals surface area contributed by atoms with Crippen LogP contribution in [0.25, 0.3) is 0 Å². The fourth-order valence-corrected chi connectivity index (χ4v) is 3.53. The Morgan fingerprint density at radius 3 is 2.53 bits per heavy atom. The van der Waals surface area contributed by atoms with E-state index in [0.717, 1.165) is 19.0 Å². The molecule has 0 bridgehead atoms. The highest BCUT2D eigenvalue weighted by molar-refractivity contribution is 5.10. The van der Waals surface area contributed by atoms with Crippen molar-refractivity contribution in [3.63, 3.8) is 0 Å². The summed E-state index contributed by atoms with van der Waals surface area (Å²) in [6, 6.07) is 0. The van der Waals surface area contributed by atoms with Gasteiger partial charge in [0.25, 0.3) is 5.56 Å². The summed E-state index contributed by atoms with van der Waals surface area (Å²) in [6.07, 6.45) is -2.64. The van der Waals surface area contributed by atoms with Gasteiger partial charge in [-0.05, 0) is 19.3 Å². The molecule has 5 atom stereocenters. The molecule has 6 N–H and O–H groups in total. The van der Waals surface area contributed by atoms with Crippen LogP contribution >= 0.6 is 0 Å². The molecule has 0 aliphatic carbocycles. The number of halogens is 1. The van der Waals surface area contributed by atoms with Gasteiger partial charge in [0.05, 0.1) is 6.61 Å². The number of ether oxygens (including phenoxy) is 1. The van der Waals surface area contributed by atoms with Crippen LogP contribution in [-0.2, 0) is 17.1 Å². The molecule has 0 aromatic carbocycles. The van der Waals surface area contributed by atoms with E-state index < -0.39 is 48.0 Å². The summed E-state index contributed by atoms with van der Waals surface area (Å²) in [5.41, 5.74) is -5.26. The smallest absolute Gasteiger partial charge is 0.332 e. The van der Waals surface area contributed by atoms with Crippen LogP contribution in [0.3, 0.4) is 0 Å². The van der Waals surface area contributed by atoms with E-state index in [0.29, 0.717) is 17.4 Å². The van der Waals surface area contributed by atoms with Crippen LogP contribution in [0.1, 0.15) is 51.5 Å². The number of aromatic nitrogens is 2. The average Bonchev–Trinajstić information content (AvgIpc) is 2.92. The summed E-state index contributed by atoms with van der Waals surface area (Å²) in [7, 11) is 0. The summed E-state index contributed by atoms with van der Waals surface area (Å²) < 4.78 is 20.2. The van der Waals surface area contributed by atoms with E-state index in [9.17, 15) is 39.6 Å². The van der Waals surface area contributed by atoms with Crippen LogP contribution in [0.5, 0.6) is 0 Å². The number of H-pyrrole nitrogens is 1. The molecule has 0 radical (unpaired) electrons. The number of aliphatic hydroxyl groups is 4. The van der Waals surface area contributed by atoms with Crippen molar-refractivity contribution >= 4 is 0 Å². The van der Waals surface area contributed by atoms with E-state index in [1.54, 1.807) is 6.92 Å². The maximum atomic E-state index is 14.7. The number of hydrogen-bond donors (Lipinski definition) is 6. The fraction of sp³-hybridized carbons (Fsp3) is 0.778. The van der Waals surface area contributed by atoms with Crippen molar-refractivity contribution in [2.75, 3.05) is 6.61 Å². The van der Waals surface area contributed by atoms with Gasteiger partial charge in [-0.15, -0.1) is 5.06 Å². The minimum absolute atomic E-state index is 0.0109. The number of hydrogen-bond acceptors (Lipinski definition) is 9. The van der Waals surface area contributed by atoms with Crippen molar-refractivity contribution in [2.24, 2.45) is 0 Å². The first kappa shape index (κ1) is 24.6. The highest BCUT2D eigenvalue weighted by Crippen LogP contribution is 2.44. The van der Waals surface area contributed by atoms with Crippen LogP contribution < -0.4 is 11.2 Å². The molecule has 1 aliphatic heterocycles. The third-order valence-corrected chi connectivity index (χ3v) is 5.37. The van der Waals surface area contributed by atoms with Crippen molar-refractivity contribution in [1.29, 1.82) is 0 Å². The van der Waals surface area contributed by atoms with Crippen LogP contribution in [0.4, 0.5) is 4.39 Å². The minimum Gasteiger partial charge on any atom is -0.394 e. The Labute approximate surface area is 171 Å². The molecule has 0 spiro atoms. The van der Waals surface area contributed by atoms with Gasteiger partial charge in [0.2, 0.25) is 5.72 Å². The first-order valence-electron chi connectivity index (χ1n) is 9.97. The SMILES string of the molecule is CCCCCCC(F)N(O)[C@@]1(O)[C@H](O)[C@@H](CO)O[C@@]1(O)n1cc(CC)c(=O)[nH]c1=O. The average molecular weight is 435 g/mol. The topological polar surface area (TPSA) is 168 Å². The van der Waals surface area contributed by atoms with Gasteiger partial charge in [-0.3, -0.25) is 9.78 Å². The molecule has 0 saturated carbocycles. The lowest BCUT2D eigenvalue weighted by Gasteiger charge is -2.43. The van der Waals surface area contributed by atoms with Crippen LogP contribution in [0.2, 0.25) is 0 Å². The van der Waals surface area contributed by atoms with E-state index in [1.807, 2.05) is 11.9 Å². The van der Waals surface area contributed by atoms with E-state index in [4.69, 9.17) is 4.74 Å². The van der Waals surface area contributed by atoms with Gasteiger partial charge < -0.3 is 30.4 Å². The van der Waals surface area contributed by atoms with Crippen LogP contribution in [0, 0.1) is 0 Å². The number of alkyl halides is 1. The second kappa shape index (κ2) is 9.64. The lowest BCUT2D eigenvalue weighted by atomic mass is 10.00. The quantitative estimate of drug-likeness (QED) is 0.118. The van der Waals surface area contributed by atoms with Crippen molar-refractivity contribution in [1.82, 2.24) is 14.6 Å². The molecule has 1 saturated heterocycles. The molecule has 2 rings (SSSR count). The number of aliphatic hydroxyl groups excluding tert-OH is 2. The van der Waals surface area contributed by atoms with Crippen LogP contribution in [0.15, 0.2) is 15.8 Å². The van der Waals surface area contributed by atoms with Crippen molar-refractivity contribution in [3.05, 3.63) is 32.6 Å². The van der Waals surface area contributed by atoms with Crippen molar-refractivity contribution in [2.45, 2.75) is 82.5 Å². The van der Waals surface area contributed by atoms with E-state index in [2.05, 4.69) is 0 Å². The summed E-state index contributed by atoms with van der Waals surface area (Å²) in [5, 5.41) is 52.2. The third kappa shape index (κ3) is 4.08. The van der Waals surface area contributed by atoms with E-state index >= 15 is 0 Å². The number of rotatable bonds is 10. The minimum atomic E-state index is -3.28. The number of nitrogens with zero attached hydrogens (tertiary/aromatic N) is 2. The molecular weight excluding hydrogens is 405 g/mol. The van der Waals surface area contributed by atoms with Crippen LogP contribution in [-0.4, -0.2) is 71.1 Å². The Kier molecular flexibility index (Phi) is 7.91. The molecule has 1 fully saturated rings. The Balaban J connectivity index is 2.51. The predicted octanol–water partition coefficient (Wildman–Crippen LogP) is -0.901. The molecule has 172 valence electrons. The van der Waals surface area contributed by atoms with Crippen molar-refractivity contribution in [3.8, 4) is 0 Å². The molecule has 1 aromatic heterocycles. The highest BCUT2D eigenvalue weighted by atomic mass is 19.1. The predicted molar refractivity (Wildman–Crippen MR) is 101 cm³/mol. The first-order valence-corrected chi connectivity index (χ1v) is 9.97. The van der Waals surface area contributed by atoms with Gasteiger partial charge in [-0.1, -0.05) is 33.1 Å². The number of aryl methyl sites for hydroxylation is 1. The second-order valence-electron chi connectivity index (χ2n) is 7.38. The largest absolute Gasteiger partial charge is 0.394 e. The van der Waals surface area contributed by atoms with E-state index in [-0.39, 0.29) is 23.5 Å². The molecule has 1 unspecified atom stereocenters. The number of unbranched alkanes of at least 4 members (excludes halogenated alkanes) is 3. The summed E-state index contributed by atoms with van der Waals surface area (Å²) in [6.45, 7) is 2.62. The molecular formula is C18H30FN3O8. The Morgan fingerprint density at radius 1 is 1.30 bits per heavy atom. The number of hydroxylamine groups is 2. The molecule has 11 nitrogen and oxygen atoms in total. The Morgan fingerprint density at radius 2 is 1.97 bits per heavy atom. The highest BCUT2D eigenvalue weighted by Gasteiger charge is 2.71. The zero-order valence-corrected chi connectivity index (χ0v) is 17.0. The lowest BCUT2D eigenvalue weighted by molar-refractivity contribution is -0.428. The fourth-order valence-electron chi connectivity index (χ4n) is 3.53. The normalized spacial score (nSPS) is 30.2. The first-order chi connectivity index (χ1) is 14.1. The number of aromatic amines is 1. The molecule has 1 aromatic rings.